The smallest absolute Gasteiger partial charge is 0.341 e. The summed E-state index contributed by atoms with van der Waals surface area (Å²) in [5, 5.41) is 9.55. The Morgan fingerprint density at radius 1 is 1.18 bits per heavy atom. The van der Waals surface area contributed by atoms with Gasteiger partial charge in [-0.2, -0.15) is 0 Å². The molecule has 8 nitrogen and oxygen atoms in total. The highest BCUT2D eigenvalue weighted by Crippen LogP contribution is 2.51. The van der Waals surface area contributed by atoms with Crippen LogP contribution in [0.3, 0.4) is 0 Å². The SMILES string of the molecule is COCCCOc1cc2c(cc1OC)-c1cc(=O)c(C(=O)O)cn1C1(C2)CC(OC(C)C)C1. The van der Waals surface area contributed by atoms with E-state index in [1.807, 2.05) is 30.5 Å². The van der Waals surface area contributed by atoms with Crippen LogP contribution in [0.4, 0.5) is 0 Å². The van der Waals surface area contributed by atoms with E-state index in [1.165, 1.54) is 12.3 Å². The highest BCUT2D eigenvalue weighted by Gasteiger charge is 2.50. The summed E-state index contributed by atoms with van der Waals surface area (Å²) in [5.74, 6) is -0.00393. The molecule has 1 aromatic carbocycles. The predicted octanol–water partition coefficient (Wildman–Crippen LogP) is 3.48. The Balaban J connectivity index is 1.78. The zero-order valence-electron chi connectivity index (χ0n) is 19.6. The lowest BCUT2D eigenvalue weighted by Gasteiger charge is -2.53. The van der Waals surface area contributed by atoms with Gasteiger partial charge < -0.3 is 28.6 Å². The Bertz CT molecular complexity index is 1100. The Kier molecular flexibility index (Phi) is 6.50. The van der Waals surface area contributed by atoms with Gasteiger partial charge in [0.25, 0.3) is 0 Å². The van der Waals surface area contributed by atoms with Gasteiger partial charge in [0.1, 0.15) is 5.56 Å². The van der Waals surface area contributed by atoms with Crippen LogP contribution in [0.15, 0.2) is 29.2 Å². The molecule has 2 heterocycles. The normalized spacial score (nSPS) is 20.8. The van der Waals surface area contributed by atoms with Gasteiger partial charge in [-0.25, -0.2) is 4.79 Å². The summed E-state index contributed by atoms with van der Waals surface area (Å²) in [4.78, 5) is 24.3. The van der Waals surface area contributed by atoms with Crippen LogP contribution in [0.25, 0.3) is 11.3 Å². The molecule has 33 heavy (non-hydrogen) atoms. The maximum atomic E-state index is 12.6. The van der Waals surface area contributed by atoms with Crippen LogP contribution >= 0.6 is 0 Å². The quantitative estimate of drug-likeness (QED) is 0.576. The van der Waals surface area contributed by atoms with E-state index in [1.54, 1.807) is 14.2 Å². The Labute approximate surface area is 193 Å². The van der Waals surface area contributed by atoms with Crippen LogP contribution in [0.5, 0.6) is 11.5 Å². The minimum absolute atomic E-state index is 0.0927. The summed E-state index contributed by atoms with van der Waals surface area (Å²) < 4.78 is 24.6. The number of carboxylic acid groups (broad SMARTS) is 1. The van der Waals surface area contributed by atoms with E-state index < -0.39 is 11.4 Å². The first-order valence-corrected chi connectivity index (χ1v) is 11.3. The second-order valence-corrected chi connectivity index (χ2v) is 9.08. The summed E-state index contributed by atoms with van der Waals surface area (Å²) in [6.07, 6.45) is 4.64. The van der Waals surface area contributed by atoms with Gasteiger partial charge in [-0.15, -0.1) is 0 Å². The molecule has 0 atom stereocenters. The van der Waals surface area contributed by atoms with Gasteiger partial charge in [0.2, 0.25) is 0 Å². The van der Waals surface area contributed by atoms with Gasteiger partial charge >= 0.3 is 5.97 Å². The van der Waals surface area contributed by atoms with Crippen molar-refractivity contribution >= 4 is 5.97 Å². The molecule has 0 unspecified atom stereocenters. The predicted molar refractivity (Wildman–Crippen MR) is 123 cm³/mol. The molecule has 1 N–H and O–H groups in total. The molecule has 0 saturated heterocycles. The first-order valence-electron chi connectivity index (χ1n) is 11.3. The summed E-state index contributed by atoms with van der Waals surface area (Å²) in [5.41, 5.74) is 1.51. The third-order valence-electron chi connectivity index (χ3n) is 6.41. The van der Waals surface area contributed by atoms with Crippen LogP contribution in [-0.2, 0) is 21.4 Å². The summed E-state index contributed by atoms with van der Waals surface area (Å²) in [6, 6.07) is 5.29. The lowest BCUT2D eigenvalue weighted by Crippen LogP contribution is -2.54. The second kappa shape index (κ2) is 9.19. The highest BCUT2D eigenvalue weighted by molar-refractivity contribution is 5.88. The van der Waals surface area contributed by atoms with Gasteiger partial charge in [0, 0.05) is 38.0 Å². The third kappa shape index (κ3) is 4.37. The van der Waals surface area contributed by atoms with E-state index in [2.05, 4.69) is 0 Å². The third-order valence-corrected chi connectivity index (χ3v) is 6.41. The van der Waals surface area contributed by atoms with E-state index in [9.17, 15) is 14.7 Å². The van der Waals surface area contributed by atoms with E-state index in [0.29, 0.717) is 36.8 Å². The number of benzene rings is 1. The number of aromatic nitrogens is 1. The molecule has 1 aromatic heterocycles. The number of ether oxygens (including phenoxy) is 4. The number of methoxy groups -OCH3 is 2. The maximum absolute atomic E-state index is 12.6. The lowest BCUT2D eigenvalue weighted by molar-refractivity contribution is -0.0978. The number of hydrogen-bond acceptors (Lipinski definition) is 6. The molecule has 2 aliphatic rings. The van der Waals surface area contributed by atoms with Crippen LogP contribution in [0.2, 0.25) is 0 Å². The number of hydrogen-bond donors (Lipinski definition) is 1. The average Bonchev–Trinajstić information content (AvgIpc) is 2.74. The zero-order valence-corrected chi connectivity index (χ0v) is 19.6. The molecule has 8 heteroatoms. The largest absolute Gasteiger partial charge is 0.493 e. The monoisotopic (exact) mass is 457 g/mol. The number of carboxylic acids is 1. The van der Waals surface area contributed by atoms with Crippen molar-refractivity contribution < 1.29 is 28.8 Å². The summed E-state index contributed by atoms with van der Waals surface area (Å²) in [7, 11) is 3.23. The lowest BCUT2D eigenvalue weighted by atomic mass is 9.67. The second-order valence-electron chi connectivity index (χ2n) is 9.08. The molecule has 0 bridgehead atoms. The molecule has 1 fully saturated rings. The van der Waals surface area contributed by atoms with Crippen LogP contribution < -0.4 is 14.9 Å². The van der Waals surface area contributed by atoms with Gasteiger partial charge in [-0.05, 0) is 50.8 Å². The molecular formula is C25H31NO7. The van der Waals surface area contributed by atoms with Crippen molar-refractivity contribution in [2.45, 2.75) is 57.3 Å². The number of rotatable bonds is 9. The Morgan fingerprint density at radius 3 is 2.58 bits per heavy atom. The molecule has 1 aliphatic carbocycles. The van der Waals surface area contributed by atoms with Gasteiger partial charge in [-0.3, -0.25) is 4.79 Å². The number of aromatic carboxylic acids is 1. The van der Waals surface area contributed by atoms with Crippen LogP contribution in [0.1, 0.15) is 49.0 Å². The molecule has 1 spiro atoms. The van der Waals surface area contributed by atoms with Crippen molar-refractivity contribution in [2.24, 2.45) is 0 Å². The van der Waals surface area contributed by atoms with Crippen LogP contribution in [0, 0.1) is 0 Å². The minimum Gasteiger partial charge on any atom is -0.493 e. The average molecular weight is 458 g/mol. The number of carbonyl (C=O) groups is 1. The fourth-order valence-corrected chi connectivity index (χ4v) is 4.99. The number of nitrogens with zero attached hydrogens (tertiary/aromatic N) is 1. The van der Waals surface area contributed by atoms with E-state index >= 15 is 0 Å². The van der Waals surface area contributed by atoms with Crippen molar-refractivity contribution in [3.8, 4) is 22.8 Å². The van der Waals surface area contributed by atoms with Crippen molar-refractivity contribution in [1.29, 1.82) is 0 Å². The molecule has 178 valence electrons. The van der Waals surface area contributed by atoms with E-state index in [4.69, 9.17) is 18.9 Å². The number of fused-ring (bicyclic) bond motifs is 4. The number of pyridine rings is 1. The summed E-state index contributed by atoms with van der Waals surface area (Å²) in [6.45, 7) is 5.12. The Morgan fingerprint density at radius 2 is 1.94 bits per heavy atom. The molecule has 4 rings (SSSR count). The fourth-order valence-electron chi connectivity index (χ4n) is 4.99. The molecule has 1 aliphatic heterocycles. The molecule has 1 saturated carbocycles. The topological polar surface area (TPSA) is 96.2 Å². The Hall–Kier alpha value is -2.84. The molecule has 2 aromatic rings. The molecule has 0 radical (unpaired) electrons. The summed E-state index contributed by atoms with van der Waals surface area (Å²) >= 11 is 0. The van der Waals surface area contributed by atoms with Crippen molar-refractivity contribution in [2.75, 3.05) is 27.4 Å². The first-order chi connectivity index (χ1) is 15.8. The van der Waals surface area contributed by atoms with Crippen LogP contribution in [-0.4, -0.2) is 55.3 Å². The fraction of sp³-hybridized carbons (Fsp3) is 0.520. The minimum atomic E-state index is -1.22. The van der Waals surface area contributed by atoms with E-state index in [0.717, 1.165) is 30.4 Å². The maximum Gasteiger partial charge on any atom is 0.341 e. The standard InChI is InChI=1S/C25H31NO7/c1-15(2)33-17-12-25(13-17)11-16-8-23(32-7-5-6-30-3)22(31-4)9-18(16)20-10-21(27)19(24(28)29)14-26(20)25/h8-10,14-15,17H,5-7,11-13H2,1-4H3,(H,28,29). The van der Waals surface area contributed by atoms with E-state index in [-0.39, 0.29) is 23.3 Å². The van der Waals surface area contributed by atoms with Gasteiger partial charge in [0.15, 0.2) is 16.9 Å². The van der Waals surface area contributed by atoms with Crippen molar-refractivity contribution in [3.05, 3.63) is 45.7 Å². The molecule has 0 amide bonds. The first kappa shape index (κ1) is 23.3. The molecular weight excluding hydrogens is 426 g/mol. The van der Waals surface area contributed by atoms with Crippen molar-refractivity contribution in [1.82, 2.24) is 4.57 Å². The zero-order chi connectivity index (χ0) is 23.8. The van der Waals surface area contributed by atoms with Gasteiger partial charge in [0.05, 0.1) is 37.2 Å². The highest BCUT2D eigenvalue weighted by atomic mass is 16.5. The van der Waals surface area contributed by atoms with Crippen molar-refractivity contribution in [3.63, 3.8) is 0 Å². The van der Waals surface area contributed by atoms with Gasteiger partial charge in [-0.1, -0.05) is 0 Å².